The van der Waals surface area contributed by atoms with Gasteiger partial charge in [-0.3, -0.25) is 19.7 Å². The SMILES string of the molecule is CN(CCC(=O)O)C(=O)CSc1ccc([N+](=O)[O-])cc1. The van der Waals surface area contributed by atoms with Gasteiger partial charge in [-0.1, -0.05) is 0 Å². The molecular formula is C12H14N2O5S. The van der Waals surface area contributed by atoms with Crippen LogP contribution in [0.2, 0.25) is 0 Å². The Morgan fingerprint density at radius 3 is 2.45 bits per heavy atom. The second-order valence-electron chi connectivity index (χ2n) is 4.00. The van der Waals surface area contributed by atoms with Gasteiger partial charge in [0.1, 0.15) is 0 Å². The Kier molecular flexibility index (Phi) is 5.98. The van der Waals surface area contributed by atoms with E-state index in [0.29, 0.717) is 0 Å². The molecule has 8 heteroatoms. The van der Waals surface area contributed by atoms with E-state index in [4.69, 9.17) is 5.11 Å². The van der Waals surface area contributed by atoms with E-state index >= 15 is 0 Å². The number of hydrogen-bond donors (Lipinski definition) is 1. The zero-order valence-electron chi connectivity index (χ0n) is 10.8. The Labute approximate surface area is 119 Å². The van der Waals surface area contributed by atoms with Gasteiger partial charge in [-0.15, -0.1) is 11.8 Å². The Hall–Kier alpha value is -2.09. The van der Waals surface area contributed by atoms with Gasteiger partial charge in [0.25, 0.3) is 5.69 Å². The van der Waals surface area contributed by atoms with Crippen LogP contribution in [0.15, 0.2) is 29.2 Å². The highest BCUT2D eigenvalue weighted by Gasteiger charge is 2.11. The summed E-state index contributed by atoms with van der Waals surface area (Å²) in [6.07, 6.45) is -0.0928. The number of aliphatic carboxylic acids is 1. The number of hydrogen-bond acceptors (Lipinski definition) is 5. The summed E-state index contributed by atoms with van der Waals surface area (Å²) in [7, 11) is 1.54. The number of carbonyl (C=O) groups excluding carboxylic acids is 1. The van der Waals surface area contributed by atoms with Crippen molar-refractivity contribution in [3.8, 4) is 0 Å². The van der Waals surface area contributed by atoms with Gasteiger partial charge in [0.2, 0.25) is 5.91 Å². The summed E-state index contributed by atoms with van der Waals surface area (Å²) in [6.45, 7) is 0.162. The highest BCUT2D eigenvalue weighted by molar-refractivity contribution is 8.00. The summed E-state index contributed by atoms with van der Waals surface area (Å²) in [6, 6.07) is 5.91. The fraction of sp³-hybridized carbons (Fsp3) is 0.333. The number of nitrogens with zero attached hydrogens (tertiary/aromatic N) is 2. The van der Waals surface area contributed by atoms with E-state index in [-0.39, 0.29) is 30.3 Å². The Morgan fingerprint density at radius 1 is 1.35 bits per heavy atom. The van der Waals surface area contributed by atoms with E-state index in [0.717, 1.165) is 4.90 Å². The molecule has 0 saturated heterocycles. The van der Waals surface area contributed by atoms with Crippen molar-refractivity contribution in [2.75, 3.05) is 19.3 Å². The topological polar surface area (TPSA) is 101 Å². The van der Waals surface area contributed by atoms with Crippen LogP contribution in [-0.4, -0.2) is 46.2 Å². The minimum Gasteiger partial charge on any atom is -0.481 e. The van der Waals surface area contributed by atoms with E-state index < -0.39 is 10.9 Å². The lowest BCUT2D eigenvalue weighted by Gasteiger charge is -2.15. The van der Waals surface area contributed by atoms with Gasteiger partial charge in [-0.25, -0.2) is 0 Å². The zero-order chi connectivity index (χ0) is 15.1. The largest absolute Gasteiger partial charge is 0.481 e. The van der Waals surface area contributed by atoms with Crippen LogP contribution in [0.25, 0.3) is 0 Å². The van der Waals surface area contributed by atoms with E-state index in [1.807, 2.05) is 0 Å². The second kappa shape index (κ2) is 7.49. The van der Waals surface area contributed by atoms with Crippen molar-refractivity contribution in [3.63, 3.8) is 0 Å². The summed E-state index contributed by atoms with van der Waals surface area (Å²) in [5, 5.41) is 19.0. The van der Waals surface area contributed by atoms with Gasteiger partial charge < -0.3 is 10.0 Å². The van der Waals surface area contributed by atoms with Crippen molar-refractivity contribution < 1.29 is 19.6 Å². The van der Waals surface area contributed by atoms with E-state index in [2.05, 4.69) is 0 Å². The summed E-state index contributed by atoms with van der Waals surface area (Å²) in [4.78, 5) is 34.2. The average molecular weight is 298 g/mol. The molecule has 0 aliphatic carbocycles. The maximum absolute atomic E-state index is 11.7. The molecular weight excluding hydrogens is 284 g/mol. The molecule has 1 aromatic carbocycles. The number of nitro benzene ring substituents is 1. The Balaban J connectivity index is 2.44. The summed E-state index contributed by atoms with van der Waals surface area (Å²) >= 11 is 1.25. The first-order valence-electron chi connectivity index (χ1n) is 5.73. The monoisotopic (exact) mass is 298 g/mol. The number of amides is 1. The molecule has 0 radical (unpaired) electrons. The van der Waals surface area contributed by atoms with Gasteiger partial charge in [0.05, 0.1) is 17.1 Å². The van der Waals surface area contributed by atoms with E-state index in [1.54, 1.807) is 19.2 Å². The molecule has 1 aromatic rings. The average Bonchev–Trinajstić information content (AvgIpc) is 2.42. The molecule has 20 heavy (non-hydrogen) atoms. The standard InChI is InChI=1S/C12H14N2O5S/c1-13(7-6-12(16)17)11(15)8-20-10-4-2-9(3-5-10)14(18)19/h2-5H,6-8H2,1H3,(H,16,17). The number of rotatable bonds is 7. The van der Waals surface area contributed by atoms with Crippen LogP contribution >= 0.6 is 11.8 Å². The Bertz CT molecular complexity index is 503. The molecule has 7 nitrogen and oxygen atoms in total. The first-order chi connectivity index (χ1) is 9.40. The van der Waals surface area contributed by atoms with Crippen molar-refractivity contribution in [3.05, 3.63) is 34.4 Å². The summed E-state index contributed by atoms with van der Waals surface area (Å²) < 4.78 is 0. The van der Waals surface area contributed by atoms with Crippen LogP contribution in [-0.2, 0) is 9.59 Å². The van der Waals surface area contributed by atoms with Gasteiger partial charge >= 0.3 is 5.97 Å². The molecule has 0 aromatic heterocycles. The lowest BCUT2D eigenvalue weighted by molar-refractivity contribution is -0.384. The highest BCUT2D eigenvalue weighted by Crippen LogP contribution is 2.21. The lowest BCUT2D eigenvalue weighted by atomic mass is 10.3. The first kappa shape index (κ1) is 16.0. The normalized spacial score (nSPS) is 10.1. The quantitative estimate of drug-likeness (QED) is 0.466. The molecule has 0 spiro atoms. The molecule has 1 N–H and O–H groups in total. The van der Waals surface area contributed by atoms with Gasteiger partial charge in [0, 0.05) is 30.6 Å². The predicted octanol–water partition coefficient (Wildman–Crippen LogP) is 1.62. The first-order valence-corrected chi connectivity index (χ1v) is 6.71. The molecule has 0 saturated carbocycles. The minimum atomic E-state index is -0.951. The molecule has 0 unspecified atom stereocenters. The van der Waals surface area contributed by atoms with Crippen molar-refractivity contribution in [1.82, 2.24) is 4.90 Å². The van der Waals surface area contributed by atoms with Gasteiger partial charge in [0.15, 0.2) is 0 Å². The smallest absolute Gasteiger partial charge is 0.305 e. The third kappa shape index (κ3) is 5.27. The minimum absolute atomic E-state index is 0.000692. The number of carbonyl (C=O) groups is 2. The van der Waals surface area contributed by atoms with Crippen LogP contribution in [0.5, 0.6) is 0 Å². The molecule has 0 heterocycles. The van der Waals surface area contributed by atoms with E-state index in [1.165, 1.54) is 28.8 Å². The van der Waals surface area contributed by atoms with Crippen LogP contribution in [0.1, 0.15) is 6.42 Å². The molecule has 1 rings (SSSR count). The maximum atomic E-state index is 11.7. The fourth-order valence-electron chi connectivity index (χ4n) is 1.31. The molecule has 0 aliphatic heterocycles. The number of non-ortho nitro benzene ring substituents is 1. The Morgan fingerprint density at radius 2 is 1.95 bits per heavy atom. The van der Waals surface area contributed by atoms with Gasteiger partial charge in [-0.05, 0) is 12.1 Å². The summed E-state index contributed by atoms with van der Waals surface area (Å²) in [5.41, 5.74) is -0.000692. The number of carboxylic acid groups (broad SMARTS) is 1. The van der Waals surface area contributed by atoms with Crippen LogP contribution in [0.4, 0.5) is 5.69 Å². The molecule has 0 atom stereocenters. The number of carboxylic acids is 1. The van der Waals surface area contributed by atoms with Crippen molar-refractivity contribution >= 4 is 29.3 Å². The molecule has 1 amide bonds. The van der Waals surface area contributed by atoms with Gasteiger partial charge in [-0.2, -0.15) is 0 Å². The number of thioether (sulfide) groups is 1. The fourth-order valence-corrected chi connectivity index (χ4v) is 2.15. The third-order valence-corrected chi connectivity index (χ3v) is 3.49. The van der Waals surface area contributed by atoms with Crippen molar-refractivity contribution in [2.24, 2.45) is 0 Å². The maximum Gasteiger partial charge on any atom is 0.305 e. The molecule has 108 valence electrons. The third-order valence-electron chi connectivity index (χ3n) is 2.50. The zero-order valence-corrected chi connectivity index (χ0v) is 11.6. The predicted molar refractivity (Wildman–Crippen MR) is 73.7 cm³/mol. The summed E-state index contributed by atoms with van der Waals surface area (Å²) in [5.74, 6) is -0.976. The number of nitro groups is 1. The van der Waals surface area contributed by atoms with Crippen LogP contribution in [0, 0.1) is 10.1 Å². The molecule has 0 fully saturated rings. The number of benzene rings is 1. The van der Waals surface area contributed by atoms with Crippen molar-refractivity contribution in [2.45, 2.75) is 11.3 Å². The van der Waals surface area contributed by atoms with Crippen LogP contribution < -0.4 is 0 Å². The van der Waals surface area contributed by atoms with Crippen molar-refractivity contribution in [1.29, 1.82) is 0 Å². The molecule has 0 bridgehead atoms. The lowest BCUT2D eigenvalue weighted by Crippen LogP contribution is -2.30. The van der Waals surface area contributed by atoms with E-state index in [9.17, 15) is 19.7 Å². The second-order valence-corrected chi connectivity index (χ2v) is 5.05. The highest BCUT2D eigenvalue weighted by atomic mass is 32.2. The van der Waals surface area contributed by atoms with Crippen LogP contribution in [0.3, 0.4) is 0 Å². The molecule has 0 aliphatic rings.